The van der Waals surface area contributed by atoms with Crippen molar-refractivity contribution in [3.63, 3.8) is 0 Å². The van der Waals surface area contributed by atoms with Crippen LogP contribution in [0, 0.1) is 6.92 Å². The van der Waals surface area contributed by atoms with Crippen molar-refractivity contribution in [2.75, 3.05) is 17.6 Å². The number of hydrogen-bond acceptors (Lipinski definition) is 3. The molecule has 1 amide bonds. The highest BCUT2D eigenvalue weighted by molar-refractivity contribution is 7.89. The SMILES string of the molecule is Cc1c(Cl)cccc1NC(=O)CCS(=O)(=O)N1CCc2ccccc2C1. The highest BCUT2D eigenvalue weighted by Gasteiger charge is 2.27. The van der Waals surface area contributed by atoms with Crippen molar-refractivity contribution < 1.29 is 13.2 Å². The van der Waals surface area contributed by atoms with Crippen LogP contribution in [0.2, 0.25) is 5.02 Å². The fourth-order valence-corrected chi connectivity index (χ4v) is 4.59. The second kappa shape index (κ2) is 7.78. The number of sulfonamides is 1. The van der Waals surface area contributed by atoms with Gasteiger partial charge in [-0.25, -0.2) is 8.42 Å². The summed E-state index contributed by atoms with van der Waals surface area (Å²) in [6, 6.07) is 13.1. The van der Waals surface area contributed by atoms with E-state index in [2.05, 4.69) is 5.32 Å². The zero-order valence-corrected chi connectivity index (χ0v) is 16.1. The maximum atomic E-state index is 12.6. The molecule has 0 saturated carbocycles. The van der Waals surface area contributed by atoms with Crippen molar-refractivity contribution in [2.45, 2.75) is 26.3 Å². The first-order chi connectivity index (χ1) is 12.4. The summed E-state index contributed by atoms with van der Waals surface area (Å²) in [5.41, 5.74) is 3.58. The second-order valence-electron chi connectivity index (χ2n) is 6.38. The first-order valence-corrected chi connectivity index (χ1v) is 10.4. The Morgan fingerprint density at radius 3 is 2.65 bits per heavy atom. The highest BCUT2D eigenvalue weighted by Crippen LogP contribution is 2.24. The minimum absolute atomic E-state index is 0.0908. The molecule has 3 rings (SSSR count). The average molecular weight is 393 g/mol. The average Bonchev–Trinajstić information content (AvgIpc) is 2.63. The number of amides is 1. The summed E-state index contributed by atoms with van der Waals surface area (Å²) in [5, 5.41) is 3.29. The van der Waals surface area contributed by atoms with Crippen LogP contribution in [-0.4, -0.2) is 30.9 Å². The van der Waals surface area contributed by atoms with Gasteiger partial charge in [-0.2, -0.15) is 4.31 Å². The Hall–Kier alpha value is -1.89. The number of anilines is 1. The molecule has 0 aliphatic carbocycles. The molecule has 1 aliphatic heterocycles. The standard InChI is InChI=1S/C19H21ClN2O3S/c1-14-17(20)7-4-8-18(14)21-19(23)10-12-26(24,25)22-11-9-15-5-2-3-6-16(15)13-22/h2-8H,9-13H2,1H3,(H,21,23). The molecule has 1 N–H and O–H groups in total. The zero-order valence-electron chi connectivity index (χ0n) is 14.5. The van der Waals surface area contributed by atoms with Gasteiger partial charge in [0.15, 0.2) is 0 Å². The van der Waals surface area contributed by atoms with E-state index in [1.807, 2.05) is 24.3 Å². The molecule has 26 heavy (non-hydrogen) atoms. The molecule has 0 unspecified atom stereocenters. The van der Waals surface area contributed by atoms with Gasteiger partial charge < -0.3 is 5.32 Å². The Labute approximate surface area is 159 Å². The summed E-state index contributed by atoms with van der Waals surface area (Å²) >= 11 is 6.04. The van der Waals surface area contributed by atoms with E-state index >= 15 is 0 Å². The maximum Gasteiger partial charge on any atom is 0.225 e. The molecule has 5 nitrogen and oxygen atoms in total. The largest absolute Gasteiger partial charge is 0.326 e. The van der Waals surface area contributed by atoms with Crippen molar-refractivity contribution in [2.24, 2.45) is 0 Å². The molecular weight excluding hydrogens is 372 g/mol. The monoisotopic (exact) mass is 392 g/mol. The molecule has 138 valence electrons. The van der Waals surface area contributed by atoms with Crippen LogP contribution < -0.4 is 5.32 Å². The fraction of sp³-hybridized carbons (Fsp3) is 0.316. The molecule has 2 aromatic rings. The second-order valence-corrected chi connectivity index (χ2v) is 8.87. The molecule has 0 radical (unpaired) electrons. The molecule has 0 atom stereocenters. The van der Waals surface area contributed by atoms with Crippen molar-refractivity contribution in [3.8, 4) is 0 Å². The lowest BCUT2D eigenvalue weighted by molar-refractivity contribution is -0.115. The number of benzene rings is 2. The Kier molecular flexibility index (Phi) is 5.65. The molecule has 2 aromatic carbocycles. The van der Waals surface area contributed by atoms with Gasteiger partial charge in [0.05, 0.1) is 5.75 Å². The predicted molar refractivity (Wildman–Crippen MR) is 104 cm³/mol. The van der Waals surface area contributed by atoms with E-state index in [0.717, 1.165) is 11.1 Å². The highest BCUT2D eigenvalue weighted by atomic mass is 35.5. The van der Waals surface area contributed by atoms with Crippen LogP contribution in [0.1, 0.15) is 23.1 Å². The number of carbonyl (C=O) groups excluding carboxylic acids is 1. The van der Waals surface area contributed by atoms with Crippen LogP contribution in [0.15, 0.2) is 42.5 Å². The number of hydrogen-bond donors (Lipinski definition) is 1. The third-order valence-electron chi connectivity index (χ3n) is 4.62. The first-order valence-electron chi connectivity index (χ1n) is 8.46. The lowest BCUT2D eigenvalue weighted by Crippen LogP contribution is -2.38. The van der Waals surface area contributed by atoms with E-state index < -0.39 is 10.0 Å². The minimum atomic E-state index is -3.49. The smallest absolute Gasteiger partial charge is 0.225 e. The van der Waals surface area contributed by atoms with E-state index in [0.29, 0.717) is 30.2 Å². The Bertz CT molecular complexity index is 928. The van der Waals surface area contributed by atoms with Crippen LogP contribution in [0.3, 0.4) is 0 Å². The number of halogens is 1. The van der Waals surface area contributed by atoms with Gasteiger partial charge in [0.2, 0.25) is 15.9 Å². The molecule has 1 heterocycles. The van der Waals surface area contributed by atoms with Gasteiger partial charge in [-0.15, -0.1) is 0 Å². The number of nitrogens with zero attached hydrogens (tertiary/aromatic N) is 1. The fourth-order valence-electron chi connectivity index (χ4n) is 3.01. The van der Waals surface area contributed by atoms with E-state index in [1.165, 1.54) is 9.87 Å². The molecular formula is C19H21ClN2O3S. The summed E-state index contributed by atoms with van der Waals surface area (Å²) in [6.45, 7) is 2.63. The summed E-state index contributed by atoms with van der Waals surface area (Å²) in [6.07, 6.45) is 0.607. The summed E-state index contributed by atoms with van der Waals surface area (Å²) < 4.78 is 26.7. The first kappa shape index (κ1) is 18.9. The number of carbonyl (C=O) groups is 1. The van der Waals surface area contributed by atoms with Crippen LogP contribution in [0.4, 0.5) is 5.69 Å². The molecule has 7 heteroatoms. The van der Waals surface area contributed by atoms with Crippen LogP contribution in [0.5, 0.6) is 0 Å². The van der Waals surface area contributed by atoms with Crippen molar-refractivity contribution in [1.29, 1.82) is 0 Å². The lowest BCUT2D eigenvalue weighted by Gasteiger charge is -2.28. The Morgan fingerprint density at radius 2 is 1.88 bits per heavy atom. The molecule has 0 spiro atoms. The van der Waals surface area contributed by atoms with Gasteiger partial charge in [0.25, 0.3) is 0 Å². The lowest BCUT2D eigenvalue weighted by atomic mass is 10.0. The number of fused-ring (bicyclic) bond motifs is 1. The van der Waals surface area contributed by atoms with E-state index in [-0.39, 0.29) is 18.1 Å². The van der Waals surface area contributed by atoms with Gasteiger partial charge in [0.1, 0.15) is 0 Å². The summed E-state index contributed by atoms with van der Waals surface area (Å²) in [4.78, 5) is 12.2. The van der Waals surface area contributed by atoms with Crippen LogP contribution in [-0.2, 0) is 27.8 Å². The number of nitrogens with one attached hydrogen (secondary N) is 1. The predicted octanol–water partition coefficient (Wildman–Crippen LogP) is 3.37. The van der Waals surface area contributed by atoms with E-state index in [9.17, 15) is 13.2 Å². The van der Waals surface area contributed by atoms with E-state index in [4.69, 9.17) is 11.6 Å². The minimum Gasteiger partial charge on any atom is -0.326 e. The third kappa shape index (κ3) is 4.26. The van der Waals surface area contributed by atoms with Gasteiger partial charge in [0, 0.05) is 30.2 Å². The summed E-state index contributed by atoms with van der Waals surface area (Å²) in [7, 11) is -3.49. The Morgan fingerprint density at radius 1 is 1.15 bits per heavy atom. The maximum absolute atomic E-state index is 12.6. The summed E-state index contributed by atoms with van der Waals surface area (Å²) in [5.74, 6) is -0.544. The van der Waals surface area contributed by atoms with Crippen LogP contribution >= 0.6 is 11.6 Å². The zero-order chi connectivity index (χ0) is 18.7. The quantitative estimate of drug-likeness (QED) is 0.848. The molecule has 0 bridgehead atoms. The van der Waals surface area contributed by atoms with Gasteiger partial charge in [-0.1, -0.05) is 41.9 Å². The van der Waals surface area contributed by atoms with Crippen LogP contribution in [0.25, 0.3) is 0 Å². The van der Waals surface area contributed by atoms with E-state index in [1.54, 1.807) is 25.1 Å². The molecule has 0 saturated heterocycles. The normalized spacial score (nSPS) is 14.7. The van der Waals surface area contributed by atoms with Gasteiger partial charge >= 0.3 is 0 Å². The third-order valence-corrected chi connectivity index (χ3v) is 6.85. The van der Waals surface area contributed by atoms with Gasteiger partial charge in [-0.3, -0.25) is 4.79 Å². The molecule has 1 aliphatic rings. The van der Waals surface area contributed by atoms with Crippen molar-refractivity contribution in [1.82, 2.24) is 4.31 Å². The van der Waals surface area contributed by atoms with Crippen molar-refractivity contribution in [3.05, 3.63) is 64.2 Å². The molecule has 0 fully saturated rings. The van der Waals surface area contributed by atoms with Crippen molar-refractivity contribution >= 4 is 33.2 Å². The topological polar surface area (TPSA) is 66.5 Å². The van der Waals surface area contributed by atoms with Gasteiger partial charge in [-0.05, 0) is 42.2 Å². The molecule has 0 aromatic heterocycles. The number of rotatable bonds is 5. The Balaban J connectivity index is 1.60.